The molecule has 0 aromatic carbocycles. The van der Waals surface area contributed by atoms with Crippen LogP contribution in [-0.4, -0.2) is 37.1 Å². The molecule has 0 aliphatic rings. The van der Waals surface area contributed by atoms with E-state index in [2.05, 4.69) is 18.7 Å². The summed E-state index contributed by atoms with van der Waals surface area (Å²) in [6, 6.07) is 0. The minimum Gasteiger partial charge on any atom is -0.463 e. The molecule has 0 fully saturated rings. The molecule has 14 heavy (non-hydrogen) atoms. The van der Waals surface area contributed by atoms with Gasteiger partial charge in [0.2, 0.25) is 0 Å². The summed E-state index contributed by atoms with van der Waals surface area (Å²) in [4.78, 5) is 13.2. The largest absolute Gasteiger partial charge is 0.463 e. The predicted octanol–water partition coefficient (Wildman–Crippen LogP) is 1.84. The lowest BCUT2D eigenvalue weighted by Crippen LogP contribution is -2.24. The number of hydrogen-bond donors (Lipinski definition) is 0. The van der Waals surface area contributed by atoms with E-state index in [1.54, 1.807) is 6.92 Å². The number of carbonyl (C=O) groups is 1. The molecule has 0 rings (SSSR count). The van der Waals surface area contributed by atoms with Gasteiger partial charge in [-0.2, -0.15) is 0 Å². The van der Waals surface area contributed by atoms with Crippen LogP contribution in [0.4, 0.5) is 0 Å². The lowest BCUT2D eigenvalue weighted by atomic mass is 10.4. The van der Waals surface area contributed by atoms with Gasteiger partial charge in [-0.25, -0.2) is 4.79 Å². The second kappa shape index (κ2) is 8.75. The SMILES string of the molecule is CCCN(CC)C/C=C/C(=O)OCC. The molecule has 3 heteroatoms. The Balaban J connectivity index is 3.71. The Kier molecular flexibility index (Phi) is 8.24. The number of ether oxygens (including phenoxy) is 1. The van der Waals surface area contributed by atoms with Gasteiger partial charge in [-0.3, -0.25) is 4.90 Å². The summed E-state index contributed by atoms with van der Waals surface area (Å²) in [5, 5.41) is 0. The summed E-state index contributed by atoms with van der Waals surface area (Å²) in [5.74, 6) is -0.250. The van der Waals surface area contributed by atoms with Gasteiger partial charge in [0, 0.05) is 12.6 Å². The molecule has 3 nitrogen and oxygen atoms in total. The van der Waals surface area contributed by atoms with Crippen LogP contribution in [0.5, 0.6) is 0 Å². The third-order valence-corrected chi connectivity index (χ3v) is 1.89. The highest BCUT2D eigenvalue weighted by molar-refractivity contribution is 5.81. The Bertz CT molecular complexity index is 178. The Morgan fingerprint density at radius 1 is 1.36 bits per heavy atom. The van der Waals surface area contributed by atoms with Gasteiger partial charge in [-0.05, 0) is 26.4 Å². The molecular weight excluding hydrogens is 178 g/mol. The lowest BCUT2D eigenvalue weighted by molar-refractivity contribution is -0.137. The number of carbonyl (C=O) groups excluding carboxylic acids is 1. The van der Waals surface area contributed by atoms with Crippen molar-refractivity contribution in [1.29, 1.82) is 0 Å². The van der Waals surface area contributed by atoms with Crippen LogP contribution in [0.3, 0.4) is 0 Å². The summed E-state index contributed by atoms with van der Waals surface area (Å²) in [7, 11) is 0. The van der Waals surface area contributed by atoms with E-state index in [0.29, 0.717) is 6.61 Å². The first-order chi connectivity index (χ1) is 6.74. The van der Waals surface area contributed by atoms with E-state index in [1.165, 1.54) is 6.08 Å². The molecule has 0 radical (unpaired) electrons. The van der Waals surface area contributed by atoms with Crippen molar-refractivity contribution in [2.45, 2.75) is 27.2 Å². The fraction of sp³-hybridized carbons (Fsp3) is 0.727. The van der Waals surface area contributed by atoms with Gasteiger partial charge in [-0.15, -0.1) is 0 Å². The summed E-state index contributed by atoms with van der Waals surface area (Å²) in [5.41, 5.74) is 0. The molecule has 0 unspecified atom stereocenters. The quantitative estimate of drug-likeness (QED) is 0.463. The molecule has 0 atom stereocenters. The van der Waals surface area contributed by atoms with Gasteiger partial charge >= 0.3 is 5.97 Å². The molecule has 82 valence electrons. The van der Waals surface area contributed by atoms with E-state index >= 15 is 0 Å². The molecule has 0 saturated heterocycles. The molecule has 0 aromatic heterocycles. The fourth-order valence-electron chi connectivity index (χ4n) is 1.18. The highest BCUT2D eigenvalue weighted by atomic mass is 16.5. The van der Waals surface area contributed by atoms with Crippen molar-refractivity contribution in [3.05, 3.63) is 12.2 Å². The molecule has 0 saturated carbocycles. The minimum absolute atomic E-state index is 0.250. The van der Waals surface area contributed by atoms with Crippen molar-refractivity contribution in [3.8, 4) is 0 Å². The minimum atomic E-state index is -0.250. The van der Waals surface area contributed by atoms with Crippen molar-refractivity contribution in [2.24, 2.45) is 0 Å². The van der Waals surface area contributed by atoms with Crippen LogP contribution in [-0.2, 0) is 9.53 Å². The molecule has 0 spiro atoms. The van der Waals surface area contributed by atoms with E-state index in [9.17, 15) is 4.79 Å². The van der Waals surface area contributed by atoms with Gasteiger partial charge in [0.15, 0.2) is 0 Å². The van der Waals surface area contributed by atoms with Gasteiger partial charge in [0.25, 0.3) is 0 Å². The molecule has 0 N–H and O–H groups in total. The predicted molar refractivity (Wildman–Crippen MR) is 58.2 cm³/mol. The summed E-state index contributed by atoms with van der Waals surface area (Å²) < 4.78 is 4.77. The van der Waals surface area contributed by atoms with Crippen LogP contribution < -0.4 is 0 Å². The maximum absolute atomic E-state index is 10.9. The number of nitrogens with zero attached hydrogens (tertiary/aromatic N) is 1. The van der Waals surface area contributed by atoms with Crippen LogP contribution in [0.1, 0.15) is 27.2 Å². The fourth-order valence-corrected chi connectivity index (χ4v) is 1.18. The van der Waals surface area contributed by atoms with E-state index in [4.69, 9.17) is 4.74 Å². The van der Waals surface area contributed by atoms with Crippen LogP contribution in [0.25, 0.3) is 0 Å². The van der Waals surface area contributed by atoms with Crippen LogP contribution >= 0.6 is 0 Å². The number of esters is 1. The average Bonchev–Trinajstić information content (AvgIpc) is 2.17. The van der Waals surface area contributed by atoms with Crippen molar-refractivity contribution in [2.75, 3.05) is 26.2 Å². The average molecular weight is 199 g/mol. The molecule has 0 bridgehead atoms. The summed E-state index contributed by atoms with van der Waals surface area (Å²) >= 11 is 0. The van der Waals surface area contributed by atoms with E-state index in [-0.39, 0.29) is 5.97 Å². The summed E-state index contributed by atoms with van der Waals surface area (Å²) in [6.07, 6.45) is 4.50. The van der Waals surface area contributed by atoms with Crippen LogP contribution in [0.2, 0.25) is 0 Å². The second-order valence-electron chi connectivity index (χ2n) is 3.05. The van der Waals surface area contributed by atoms with Gasteiger partial charge in [0.05, 0.1) is 6.61 Å². The van der Waals surface area contributed by atoms with Crippen LogP contribution in [0.15, 0.2) is 12.2 Å². The summed E-state index contributed by atoms with van der Waals surface area (Å²) in [6.45, 7) is 9.43. The van der Waals surface area contributed by atoms with E-state index in [0.717, 1.165) is 26.1 Å². The highest BCUT2D eigenvalue weighted by Crippen LogP contribution is 1.91. The molecule has 0 aliphatic carbocycles. The van der Waals surface area contributed by atoms with E-state index in [1.807, 2.05) is 6.08 Å². The number of likely N-dealkylation sites (N-methyl/N-ethyl adjacent to an activating group) is 1. The molecule has 0 heterocycles. The molecule has 0 amide bonds. The van der Waals surface area contributed by atoms with Crippen molar-refractivity contribution >= 4 is 5.97 Å². The lowest BCUT2D eigenvalue weighted by Gasteiger charge is -2.16. The van der Waals surface area contributed by atoms with Crippen molar-refractivity contribution in [3.63, 3.8) is 0 Å². The Morgan fingerprint density at radius 2 is 2.07 bits per heavy atom. The van der Waals surface area contributed by atoms with Gasteiger partial charge in [-0.1, -0.05) is 19.9 Å². The maximum Gasteiger partial charge on any atom is 0.330 e. The first-order valence-corrected chi connectivity index (χ1v) is 5.30. The van der Waals surface area contributed by atoms with Gasteiger partial charge in [0.1, 0.15) is 0 Å². The maximum atomic E-state index is 10.9. The molecule has 0 aliphatic heterocycles. The number of rotatable bonds is 7. The monoisotopic (exact) mass is 199 g/mol. The zero-order valence-corrected chi connectivity index (χ0v) is 9.45. The molecule has 0 aromatic rings. The first kappa shape index (κ1) is 13.2. The number of hydrogen-bond acceptors (Lipinski definition) is 3. The van der Waals surface area contributed by atoms with Crippen molar-refractivity contribution < 1.29 is 9.53 Å². The first-order valence-electron chi connectivity index (χ1n) is 5.30. The normalized spacial score (nSPS) is 11.1. The third kappa shape index (κ3) is 6.66. The topological polar surface area (TPSA) is 29.5 Å². The zero-order valence-electron chi connectivity index (χ0n) is 9.45. The zero-order chi connectivity index (χ0) is 10.8. The molecular formula is C11H21NO2. The Hall–Kier alpha value is -0.830. The standard InChI is InChI=1S/C11H21NO2/c1-4-9-12(5-2)10-7-8-11(13)14-6-3/h7-8H,4-6,9-10H2,1-3H3/b8-7+. The van der Waals surface area contributed by atoms with Crippen LogP contribution in [0, 0.1) is 0 Å². The Labute approximate surface area is 86.7 Å². The van der Waals surface area contributed by atoms with E-state index < -0.39 is 0 Å². The third-order valence-electron chi connectivity index (χ3n) is 1.89. The van der Waals surface area contributed by atoms with Gasteiger partial charge < -0.3 is 4.74 Å². The highest BCUT2D eigenvalue weighted by Gasteiger charge is 1.98. The second-order valence-corrected chi connectivity index (χ2v) is 3.05. The Morgan fingerprint density at radius 3 is 2.57 bits per heavy atom. The smallest absolute Gasteiger partial charge is 0.330 e. The van der Waals surface area contributed by atoms with Crippen molar-refractivity contribution in [1.82, 2.24) is 4.90 Å².